The van der Waals surface area contributed by atoms with Crippen LogP contribution in [-0.4, -0.2) is 24.1 Å². The first-order chi connectivity index (χ1) is 10.8. The molecule has 0 spiro atoms. The second kappa shape index (κ2) is 6.71. The molecule has 2 rings (SSSR count). The molecule has 1 amide bonds. The van der Waals surface area contributed by atoms with Gasteiger partial charge < -0.3 is 15.2 Å². The topological polar surface area (TPSA) is 75.6 Å². The zero-order valence-corrected chi connectivity index (χ0v) is 13.7. The van der Waals surface area contributed by atoms with Crippen LogP contribution in [0.2, 0.25) is 5.02 Å². The van der Waals surface area contributed by atoms with Gasteiger partial charge in [-0.2, -0.15) is 0 Å². The van der Waals surface area contributed by atoms with Crippen molar-refractivity contribution in [2.45, 2.75) is 13.8 Å². The molecule has 0 aromatic heterocycles. The van der Waals surface area contributed by atoms with Crippen LogP contribution in [0.15, 0.2) is 30.3 Å². The average molecular weight is 334 g/mol. The predicted octanol–water partition coefficient (Wildman–Crippen LogP) is 3.92. The SMILES string of the molecule is COc1c(Cl)cc(C(=O)O)cc1NC(=O)c1cc(C)cc(C)c1. The van der Waals surface area contributed by atoms with Crippen LogP contribution in [0, 0.1) is 13.8 Å². The molecule has 0 atom stereocenters. The van der Waals surface area contributed by atoms with Gasteiger partial charge in [-0.1, -0.05) is 28.8 Å². The van der Waals surface area contributed by atoms with Crippen LogP contribution in [0.3, 0.4) is 0 Å². The molecule has 0 aliphatic carbocycles. The highest BCUT2D eigenvalue weighted by Crippen LogP contribution is 2.34. The number of anilines is 1. The van der Waals surface area contributed by atoms with E-state index in [1.165, 1.54) is 19.2 Å². The summed E-state index contributed by atoms with van der Waals surface area (Å²) >= 11 is 6.02. The second-order valence-electron chi connectivity index (χ2n) is 5.17. The van der Waals surface area contributed by atoms with E-state index < -0.39 is 5.97 Å². The minimum absolute atomic E-state index is 0.0356. The molecular weight excluding hydrogens is 318 g/mol. The number of aryl methyl sites for hydroxylation is 2. The Hall–Kier alpha value is -2.53. The molecule has 0 bridgehead atoms. The van der Waals surface area contributed by atoms with Crippen LogP contribution in [0.25, 0.3) is 0 Å². The van der Waals surface area contributed by atoms with Crippen molar-refractivity contribution in [1.29, 1.82) is 0 Å². The lowest BCUT2D eigenvalue weighted by molar-refractivity contribution is 0.0696. The summed E-state index contributed by atoms with van der Waals surface area (Å²) < 4.78 is 5.16. The third kappa shape index (κ3) is 3.81. The average Bonchev–Trinajstić information content (AvgIpc) is 2.45. The van der Waals surface area contributed by atoms with E-state index >= 15 is 0 Å². The highest BCUT2D eigenvalue weighted by Gasteiger charge is 2.17. The van der Waals surface area contributed by atoms with Crippen LogP contribution >= 0.6 is 11.6 Å². The van der Waals surface area contributed by atoms with Gasteiger partial charge in [-0.15, -0.1) is 0 Å². The predicted molar refractivity (Wildman–Crippen MR) is 88.8 cm³/mol. The summed E-state index contributed by atoms with van der Waals surface area (Å²) in [7, 11) is 1.40. The molecule has 120 valence electrons. The van der Waals surface area contributed by atoms with Gasteiger partial charge in [-0.25, -0.2) is 4.79 Å². The number of hydrogen-bond acceptors (Lipinski definition) is 3. The Morgan fingerprint density at radius 1 is 1.04 bits per heavy atom. The Labute approximate surface area is 138 Å². The fourth-order valence-corrected chi connectivity index (χ4v) is 2.61. The lowest BCUT2D eigenvalue weighted by atomic mass is 10.1. The largest absolute Gasteiger partial charge is 0.493 e. The van der Waals surface area contributed by atoms with Crippen LogP contribution in [0.1, 0.15) is 31.8 Å². The molecule has 23 heavy (non-hydrogen) atoms. The van der Waals surface area contributed by atoms with Crippen molar-refractivity contribution in [1.82, 2.24) is 0 Å². The Kier molecular flexibility index (Phi) is 4.91. The summed E-state index contributed by atoms with van der Waals surface area (Å²) in [6, 6.07) is 8.04. The number of carboxylic acid groups (broad SMARTS) is 1. The molecule has 6 heteroatoms. The monoisotopic (exact) mass is 333 g/mol. The molecule has 2 aromatic rings. The van der Waals surface area contributed by atoms with Gasteiger partial charge in [0.05, 0.1) is 23.4 Å². The standard InChI is InChI=1S/C17H16ClNO4/c1-9-4-10(2)6-11(5-9)16(20)19-14-8-12(17(21)22)7-13(18)15(14)23-3/h4-8H,1-3H3,(H,19,20)(H,21,22). The molecule has 2 N–H and O–H groups in total. The number of ether oxygens (including phenoxy) is 1. The number of hydrogen-bond donors (Lipinski definition) is 2. The van der Waals surface area contributed by atoms with Crippen molar-refractivity contribution in [2.24, 2.45) is 0 Å². The molecule has 2 aromatic carbocycles. The molecule has 5 nitrogen and oxygen atoms in total. The van der Waals surface area contributed by atoms with Crippen LogP contribution < -0.4 is 10.1 Å². The number of carbonyl (C=O) groups excluding carboxylic acids is 1. The Morgan fingerprint density at radius 2 is 1.65 bits per heavy atom. The Balaban J connectivity index is 2.41. The van der Waals surface area contributed by atoms with Gasteiger partial charge in [0, 0.05) is 5.56 Å². The van der Waals surface area contributed by atoms with E-state index in [1.54, 1.807) is 12.1 Å². The van der Waals surface area contributed by atoms with Crippen molar-refractivity contribution in [2.75, 3.05) is 12.4 Å². The van der Waals surface area contributed by atoms with E-state index in [-0.39, 0.29) is 27.9 Å². The molecular formula is C17H16ClNO4. The van der Waals surface area contributed by atoms with Gasteiger partial charge in [0.1, 0.15) is 0 Å². The van der Waals surface area contributed by atoms with E-state index in [1.807, 2.05) is 19.9 Å². The van der Waals surface area contributed by atoms with Gasteiger partial charge in [0.25, 0.3) is 5.91 Å². The maximum atomic E-state index is 12.4. The summed E-state index contributed by atoms with van der Waals surface area (Å²) in [5, 5.41) is 11.9. The zero-order chi connectivity index (χ0) is 17.1. The highest BCUT2D eigenvalue weighted by atomic mass is 35.5. The fourth-order valence-electron chi connectivity index (χ4n) is 2.32. The molecule has 0 saturated carbocycles. The first kappa shape index (κ1) is 16.8. The number of halogens is 1. The number of carbonyl (C=O) groups is 2. The quantitative estimate of drug-likeness (QED) is 0.889. The summed E-state index contributed by atoms with van der Waals surface area (Å²) in [4.78, 5) is 23.6. The Morgan fingerprint density at radius 3 is 2.17 bits per heavy atom. The third-order valence-electron chi connectivity index (χ3n) is 3.23. The van der Waals surface area contributed by atoms with Crippen molar-refractivity contribution < 1.29 is 19.4 Å². The van der Waals surface area contributed by atoms with Gasteiger partial charge in [-0.3, -0.25) is 4.79 Å². The minimum Gasteiger partial charge on any atom is -0.493 e. The number of methoxy groups -OCH3 is 1. The van der Waals surface area contributed by atoms with Crippen LogP contribution in [0.4, 0.5) is 5.69 Å². The molecule has 0 aliphatic heterocycles. The first-order valence-corrected chi connectivity index (χ1v) is 7.20. The maximum absolute atomic E-state index is 12.4. The van der Waals surface area contributed by atoms with E-state index in [4.69, 9.17) is 21.4 Å². The van der Waals surface area contributed by atoms with Gasteiger partial charge >= 0.3 is 5.97 Å². The first-order valence-electron chi connectivity index (χ1n) is 6.82. The van der Waals surface area contributed by atoms with E-state index in [9.17, 15) is 9.59 Å². The number of benzene rings is 2. The zero-order valence-electron chi connectivity index (χ0n) is 12.9. The second-order valence-corrected chi connectivity index (χ2v) is 5.58. The third-order valence-corrected chi connectivity index (χ3v) is 3.51. The molecule has 0 saturated heterocycles. The molecule has 0 fully saturated rings. The minimum atomic E-state index is -1.14. The van der Waals surface area contributed by atoms with Crippen LogP contribution in [-0.2, 0) is 0 Å². The molecule has 0 heterocycles. The summed E-state index contributed by atoms with van der Waals surface area (Å²) in [5.74, 6) is -1.29. The summed E-state index contributed by atoms with van der Waals surface area (Å²) in [6.07, 6.45) is 0. The van der Waals surface area contributed by atoms with Crippen molar-refractivity contribution in [3.05, 3.63) is 57.6 Å². The van der Waals surface area contributed by atoms with E-state index in [0.717, 1.165) is 11.1 Å². The van der Waals surface area contributed by atoms with Crippen LogP contribution in [0.5, 0.6) is 5.75 Å². The lowest BCUT2D eigenvalue weighted by Crippen LogP contribution is -2.14. The van der Waals surface area contributed by atoms with Crippen molar-refractivity contribution in [3.8, 4) is 5.75 Å². The fraction of sp³-hybridized carbons (Fsp3) is 0.176. The number of nitrogens with one attached hydrogen (secondary N) is 1. The number of aromatic carboxylic acids is 1. The van der Waals surface area contributed by atoms with E-state index in [0.29, 0.717) is 5.56 Å². The van der Waals surface area contributed by atoms with Crippen molar-refractivity contribution >= 4 is 29.2 Å². The van der Waals surface area contributed by atoms with E-state index in [2.05, 4.69) is 5.32 Å². The summed E-state index contributed by atoms with van der Waals surface area (Å²) in [5.41, 5.74) is 2.56. The molecule has 0 radical (unpaired) electrons. The van der Waals surface area contributed by atoms with Gasteiger partial charge in [0.2, 0.25) is 0 Å². The smallest absolute Gasteiger partial charge is 0.335 e. The molecule has 0 aliphatic rings. The van der Waals surface area contributed by atoms with Gasteiger partial charge in [-0.05, 0) is 38.1 Å². The maximum Gasteiger partial charge on any atom is 0.335 e. The highest BCUT2D eigenvalue weighted by molar-refractivity contribution is 6.33. The lowest BCUT2D eigenvalue weighted by Gasteiger charge is -2.13. The Bertz CT molecular complexity index is 766. The number of amides is 1. The van der Waals surface area contributed by atoms with Gasteiger partial charge in [0.15, 0.2) is 5.75 Å². The normalized spacial score (nSPS) is 10.3. The number of carboxylic acids is 1. The van der Waals surface area contributed by atoms with Crippen molar-refractivity contribution in [3.63, 3.8) is 0 Å². The number of rotatable bonds is 4. The molecule has 0 unspecified atom stereocenters. The summed E-state index contributed by atoms with van der Waals surface area (Å²) in [6.45, 7) is 3.79.